The summed E-state index contributed by atoms with van der Waals surface area (Å²) in [5.74, 6) is 0.715. The van der Waals surface area contributed by atoms with Crippen molar-refractivity contribution in [3.63, 3.8) is 0 Å². The molecule has 7 nitrogen and oxygen atoms in total. The molecule has 2 rings (SSSR count). The molecule has 0 amide bonds. The molecule has 1 aliphatic rings. The maximum Gasteiger partial charge on any atom is 0.242 e. The van der Waals surface area contributed by atoms with Gasteiger partial charge in [-0.05, 0) is 25.7 Å². The zero-order valence-electron chi connectivity index (χ0n) is 11.8. The van der Waals surface area contributed by atoms with E-state index in [-0.39, 0.29) is 24.9 Å². The van der Waals surface area contributed by atoms with Crippen LogP contribution < -0.4 is 15.4 Å². The molecule has 1 heterocycles. The predicted molar refractivity (Wildman–Crippen MR) is 77.4 cm³/mol. The Bertz CT molecular complexity index is 540. The topological polar surface area (TPSA) is 112 Å². The number of ether oxygens (including phenoxy) is 1. The normalized spacial score (nSPS) is 15.0. The molecular formula is C14H18N6O. The molecule has 1 aromatic heterocycles. The van der Waals surface area contributed by atoms with Crippen molar-refractivity contribution in [2.45, 2.75) is 38.2 Å². The molecule has 7 heteroatoms. The highest BCUT2D eigenvalue weighted by molar-refractivity contribution is 5.68. The summed E-state index contributed by atoms with van der Waals surface area (Å²) in [5.41, 5.74) is 6.34. The van der Waals surface area contributed by atoms with Crippen LogP contribution in [0.3, 0.4) is 0 Å². The Balaban J connectivity index is 2.18. The van der Waals surface area contributed by atoms with Gasteiger partial charge in [0, 0.05) is 0 Å². The Kier molecular flexibility index (Phi) is 5.16. The lowest BCUT2D eigenvalue weighted by Crippen LogP contribution is -2.27. The molecule has 0 radical (unpaired) electrons. The van der Waals surface area contributed by atoms with Crippen molar-refractivity contribution in [2.75, 3.05) is 23.7 Å². The summed E-state index contributed by atoms with van der Waals surface area (Å²) in [4.78, 5) is 9.67. The summed E-state index contributed by atoms with van der Waals surface area (Å²) in [7, 11) is 0. The van der Waals surface area contributed by atoms with Gasteiger partial charge in [-0.2, -0.15) is 15.5 Å². The minimum absolute atomic E-state index is 0.0393. The SMILES string of the molecule is N#CCN(CC#N)c1ncnc(OC2CCCCC2)c1N. The third-order valence-electron chi connectivity index (χ3n) is 3.48. The first-order chi connectivity index (χ1) is 10.3. The van der Waals surface area contributed by atoms with Crippen LogP contribution in [0.25, 0.3) is 0 Å². The second-order valence-electron chi connectivity index (χ2n) is 4.97. The van der Waals surface area contributed by atoms with Gasteiger partial charge >= 0.3 is 0 Å². The molecule has 1 aliphatic carbocycles. The van der Waals surface area contributed by atoms with Crippen molar-refractivity contribution in [1.29, 1.82) is 10.5 Å². The van der Waals surface area contributed by atoms with E-state index < -0.39 is 0 Å². The minimum Gasteiger partial charge on any atom is -0.473 e. The third-order valence-corrected chi connectivity index (χ3v) is 3.48. The quantitative estimate of drug-likeness (QED) is 0.818. The smallest absolute Gasteiger partial charge is 0.242 e. The number of anilines is 2. The molecule has 110 valence electrons. The fraction of sp³-hybridized carbons (Fsp3) is 0.571. The van der Waals surface area contributed by atoms with Gasteiger partial charge in [-0.3, -0.25) is 0 Å². The average molecular weight is 286 g/mol. The van der Waals surface area contributed by atoms with Gasteiger partial charge in [0.15, 0.2) is 5.82 Å². The Morgan fingerprint density at radius 3 is 2.48 bits per heavy atom. The van der Waals surface area contributed by atoms with Crippen molar-refractivity contribution in [1.82, 2.24) is 9.97 Å². The van der Waals surface area contributed by atoms with Gasteiger partial charge in [-0.1, -0.05) is 6.42 Å². The average Bonchev–Trinajstić information content (AvgIpc) is 2.50. The van der Waals surface area contributed by atoms with Crippen LogP contribution in [-0.2, 0) is 0 Å². The molecule has 0 spiro atoms. The van der Waals surface area contributed by atoms with Gasteiger partial charge in [0.2, 0.25) is 5.88 Å². The second kappa shape index (κ2) is 7.30. The van der Waals surface area contributed by atoms with Crippen molar-refractivity contribution in [3.05, 3.63) is 6.33 Å². The van der Waals surface area contributed by atoms with E-state index in [2.05, 4.69) is 9.97 Å². The van der Waals surface area contributed by atoms with Crippen LogP contribution in [-0.4, -0.2) is 29.2 Å². The first kappa shape index (κ1) is 14.9. The summed E-state index contributed by atoms with van der Waals surface area (Å²) >= 11 is 0. The van der Waals surface area contributed by atoms with Crippen LogP contribution in [0, 0.1) is 22.7 Å². The fourth-order valence-electron chi connectivity index (χ4n) is 2.43. The van der Waals surface area contributed by atoms with Gasteiger partial charge in [-0.25, -0.2) is 4.98 Å². The van der Waals surface area contributed by atoms with Crippen molar-refractivity contribution in [3.8, 4) is 18.0 Å². The van der Waals surface area contributed by atoms with E-state index in [9.17, 15) is 0 Å². The van der Waals surface area contributed by atoms with E-state index >= 15 is 0 Å². The number of aromatic nitrogens is 2. The van der Waals surface area contributed by atoms with Crippen molar-refractivity contribution < 1.29 is 4.74 Å². The Hall–Kier alpha value is -2.54. The summed E-state index contributed by atoms with van der Waals surface area (Å²) in [6.45, 7) is 0.0787. The minimum atomic E-state index is 0.0393. The molecule has 1 fully saturated rings. The first-order valence-corrected chi connectivity index (χ1v) is 7.02. The Labute approximate surface area is 124 Å². The monoisotopic (exact) mass is 286 g/mol. The van der Waals surface area contributed by atoms with Gasteiger partial charge in [-0.15, -0.1) is 0 Å². The van der Waals surface area contributed by atoms with E-state index in [1.54, 1.807) is 0 Å². The number of nitrogens with zero attached hydrogens (tertiary/aromatic N) is 5. The standard InChI is InChI=1S/C14H18N6O/c15-6-8-20(9-7-16)13-12(17)14(19-10-18-13)21-11-4-2-1-3-5-11/h10-11H,1-5,8-9,17H2. The number of nitrogens with two attached hydrogens (primary N) is 1. The van der Waals surface area contributed by atoms with Crippen LogP contribution in [0.5, 0.6) is 5.88 Å². The Morgan fingerprint density at radius 1 is 1.19 bits per heavy atom. The van der Waals surface area contributed by atoms with Crippen LogP contribution in [0.1, 0.15) is 32.1 Å². The summed E-state index contributed by atoms with van der Waals surface area (Å²) in [6, 6.07) is 3.99. The zero-order valence-corrected chi connectivity index (χ0v) is 11.8. The molecule has 1 aromatic rings. The van der Waals surface area contributed by atoms with E-state index in [0.717, 1.165) is 25.7 Å². The molecule has 0 saturated heterocycles. The third kappa shape index (κ3) is 3.73. The van der Waals surface area contributed by atoms with E-state index in [0.29, 0.717) is 11.7 Å². The lowest BCUT2D eigenvalue weighted by atomic mass is 9.98. The Morgan fingerprint density at radius 2 is 1.86 bits per heavy atom. The molecule has 0 aliphatic heterocycles. The molecular weight excluding hydrogens is 268 g/mol. The molecule has 21 heavy (non-hydrogen) atoms. The van der Waals surface area contributed by atoms with Gasteiger partial charge in [0.25, 0.3) is 0 Å². The highest BCUT2D eigenvalue weighted by Gasteiger charge is 2.20. The molecule has 0 aromatic carbocycles. The van der Waals surface area contributed by atoms with Gasteiger partial charge in [0.05, 0.1) is 12.1 Å². The van der Waals surface area contributed by atoms with Crippen LogP contribution >= 0.6 is 0 Å². The van der Waals surface area contributed by atoms with Crippen LogP contribution in [0.4, 0.5) is 11.5 Å². The number of nitrogen functional groups attached to an aromatic ring is 1. The van der Waals surface area contributed by atoms with Crippen molar-refractivity contribution >= 4 is 11.5 Å². The largest absolute Gasteiger partial charge is 0.473 e. The zero-order chi connectivity index (χ0) is 15.1. The van der Waals surface area contributed by atoms with Crippen LogP contribution in [0.2, 0.25) is 0 Å². The first-order valence-electron chi connectivity index (χ1n) is 7.02. The highest BCUT2D eigenvalue weighted by atomic mass is 16.5. The summed E-state index contributed by atoms with van der Waals surface area (Å²) in [6.07, 6.45) is 7.02. The second-order valence-corrected chi connectivity index (χ2v) is 4.97. The lowest BCUT2D eigenvalue weighted by molar-refractivity contribution is 0.149. The molecule has 2 N–H and O–H groups in total. The number of hydrogen-bond acceptors (Lipinski definition) is 7. The van der Waals surface area contributed by atoms with E-state index in [1.165, 1.54) is 17.6 Å². The summed E-state index contributed by atoms with van der Waals surface area (Å²) < 4.78 is 5.86. The predicted octanol–water partition coefficient (Wildman–Crippen LogP) is 1.62. The highest BCUT2D eigenvalue weighted by Crippen LogP contribution is 2.30. The van der Waals surface area contributed by atoms with E-state index in [1.807, 2.05) is 12.1 Å². The number of hydrogen-bond donors (Lipinski definition) is 1. The molecule has 0 unspecified atom stereocenters. The van der Waals surface area contributed by atoms with Crippen molar-refractivity contribution in [2.24, 2.45) is 0 Å². The number of nitriles is 2. The van der Waals surface area contributed by atoms with Crippen LogP contribution in [0.15, 0.2) is 6.33 Å². The number of rotatable bonds is 5. The molecule has 0 bridgehead atoms. The molecule has 1 saturated carbocycles. The van der Waals surface area contributed by atoms with Gasteiger partial charge in [0.1, 0.15) is 31.2 Å². The summed E-state index contributed by atoms with van der Waals surface area (Å²) in [5, 5.41) is 17.7. The van der Waals surface area contributed by atoms with E-state index in [4.69, 9.17) is 21.0 Å². The van der Waals surface area contributed by atoms with Gasteiger partial charge < -0.3 is 15.4 Å². The fourth-order valence-corrected chi connectivity index (χ4v) is 2.43. The molecule has 0 atom stereocenters. The maximum atomic E-state index is 8.83. The lowest BCUT2D eigenvalue weighted by Gasteiger charge is -2.24. The maximum absolute atomic E-state index is 8.83.